The van der Waals surface area contributed by atoms with Gasteiger partial charge in [-0.25, -0.2) is 14.6 Å². The quantitative estimate of drug-likeness (QED) is 0.111. The molecule has 0 aliphatic rings. The number of benzene rings is 2. The van der Waals surface area contributed by atoms with Crippen molar-refractivity contribution < 1.29 is 33.4 Å². The van der Waals surface area contributed by atoms with Gasteiger partial charge in [0.2, 0.25) is 3.79 Å². The second-order valence-corrected chi connectivity index (χ2v) is 13.4. The summed E-state index contributed by atoms with van der Waals surface area (Å²) in [6.07, 6.45) is -0.627. The Bertz CT molecular complexity index is 1240. The van der Waals surface area contributed by atoms with E-state index < -0.39 is 58.6 Å². The van der Waals surface area contributed by atoms with Crippen molar-refractivity contribution in [1.29, 1.82) is 0 Å². The van der Waals surface area contributed by atoms with Crippen molar-refractivity contribution in [3.63, 3.8) is 0 Å². The lowest BCUT2D eigenvalue weighted by Gasteiger charge is -2.39. The predicted molar refractivity (Wildman–Crippen MR) is 171 cm³/mol. The van der Waals surface area contributed by atoms with E-state index in [2.05, 4.69) is 0 Å². The van der Waals surface area contributed by atoms with Gasteiger partial charge in [0.05, 0.1) is 12.3 Å². The Hall–Kier alpha value is -3.21. The zero-order valence-corrected chi connectivity index (χ0v) is 28.1. The van der Waals surface area contributed by atoms with E-state index in [1.165, 1.54) is 11.9 Å². The smallest absolute Gasteiger partial charge is 0.411 e. The molecule has 44 heavy (non-hydrogen) atoms. The molecule has 2 aromatic carbocycles. The molecular weight excluding hydrogens is 633 g/mol. The molecule has 10 nitrogen and oxygen atoms in total. The van der Waals surface area contributed by atoms with E-state index in [1.54, 1.807) is 65.1 Å². The summed E-state index contributed by atoms with van der Waals surface area (Å²) in [4.78, 5) is 55.2. The molecule has 0 radical (unpaired) electrons. The highest BCUT2D eigenvalue weighted by Gasteiger charge is 2.42. The molecule has 2 amide bonds. The van der Waals surface area contributed by atoms with Crippen LogP contribution in [0.2, 0.25) is 0 Å². The van der Waals surface area contributed by atoms with Gasteiger partial charge in [-0.3, -0.25) is 19.5 Å². The summed E-state index contributed by atoms with van der Waals surface area (Å²) in [5.41, 5.74) is 0.654. The van der Waals surface area contributed by atoms with Crippen molar-refractivity contribution in [2.45, 2.75) is 68.9 Å². The van der Waals surface area contributed by atoms with Crippen LogP contribution in [0, 0.1) is 0 Å². The van der Waals surface area contributed by atoms with Gasteiger partial charge < -0.3 is 14.2 Å². The number of alkyl halides is 3. The Labute approximate surface area is 274 Å². The number of hydrazine groups is 1. The van der Waals surface area contributed by atoms with Gasteiger partial charge in [0.1, 0.15) is 30.8 Å². The van der Waals surface area contributed by atoms with Crippen LogP contribution in [-0.4, -0.2) is 82.1 Å². The molecule has 2 aromatic rings. The lowest BCUT2D eigenvalue weighted by Crippen LogP contribution is -2.59. The first-order valence-corrected chi connectivity index (χ1v) is 15.2. The highest BCUT2D eigenvalue weighted by Crippen LogP contribution is 2.27. The van der Waals surface area contributed by atoms with E-state index in [0.29, 0.717) is 12.1 Å². The largest absolute Gasteiger partial charge is 0.464 e. The fourth-order valence-corrected chi connectivity index (χ4v) is 4.44. The maximum absolute atomic E-state index is 14.3. The monoisotopic (exact) mass is 671 g/mol. The number of anilines is 1. The molecular formula is C31H40Cl3N3O7. The Balaban J connectivity index is 2.55. The van der Waals surface area contributed by atoms with E-state index in [0.717, 1.165) is 15.5 Å². The van der Waals surface area contributed by atoms with Crippen LogP contribution in [0.5, 0.6) is 0 Å². The van der Waals surface area contributed by atoms with Crippen LogP contribution >= 0.6 is 34.8 Å². The second-order valence-electron chi connectivity index (χ2n) is 10.9. The molecule has 13 heteroatoms. The standard InChI is InChI=1S/C31H40Cl3N3O7/c1-7-42-28(40)25(19-18-23-14-10-8-11-15-23)37(29(41)43-21-31(32,33)34)22(2)27(39)36(20-26(38)44-30(3,4)5)35(6)24-16-12-9-13-17-24/h8-17,22,25H,7,18-21H2,1-6H3/t22-,25-/m0/s1. The average molecular weight is 673 g/mol. The third-order valence-corrected chi connectivity index (χ3v) is 6.56. The number of aryl methyl sites for hydroxylation is 1. The Morgan fingerprint density at radius 2 is 1.45 bits per heavy atom. The van der Waals surface area contributed by atoms with E-state index in [4.69, 9.17) is 49.0 Å². The fourth-order valence-electron chi connectivity index (χ4n) is 4.28. The summed E-state index contributed by atoms with van der Waals surface area (Å²) in [5.74, 6) is -2.14. The molecule has 2 atom stereocenters. The lowest BCUT2D eigenvalue weighted by molar-refractivity contribution is -0.161. The van der Waals surface area contributed by atoms with Gasteiger partial charge in [-0.15, -0.1) is 0 Å². The minimum Gasteiger partial charge on any atom is -0.464 e. The molecule has 0 N–H and O–H groups in total. The number of rotatable bonds is 13. The number of hydrogen-bond donors (Lipinski definition) is 0. The molecule has 2 rings (SSSR count). The van der Waals surface area contributed by atoms with Crippen molar-refractivity contribution in [3.05, 3.63) is 66.2 Å². The van der Waals surface area contributed by atoms with Crippen LogP contribution in [0.4, 0.5) is 10.5 Å². The molecule has 0 heterocycles. The summed E-state index contributed by atoms with van der Waals surface area (Å²) in [6.45, 7) is 7.07. The van der Waals surface area contributed by atoms with Gasteiger partial charge in [-0.2, -0.15) is 0 Å². The van der Waals surface area contributed by atoms with Crippen LogP contribution in [0.3, 0.4) is 0 Å². The predicted octanol–water partition coefficient (Wildman–Crippen LogP) is 5.97. The molecule has 0 saturated carbocycles. The number of para-hydroxylation sites is 1. The highest BCUT2D eigenvalue weighted by atomic mass is 35.6. The molecule has 0 aliphatic heterocycles. The van der Waals surface area contributed by atoms with E-state index in [1.807, 2.05) is 30.3 Å². The zero-order chi connectivity index (χ0) is 33.1. The summed E-state index contributed by atoms with van der Waals surface area (Å²) >= 11 is 17.5. The van der Waals surface area contributed by atoms with Gasteiger partial charge in [-0.05, 0) is 65.2 Å². The number of amides is 2. The van der Waals surface area contributed by atoms with Gasteiger partial charge in [0.15, 0.2) is 0 Å². The third kappa shape index (κ3) is 12.1. The Kier molecular flexibility index (Phi) is 14.1. The van der Waals surface area contributed by atoms with Crippen molar-refractivity contribution >= 4 is 64.4 Å². The van der Waals surface area contributed by atoms with Crippen LogP contribution in [0.25, 0.3) is 0 Å². The topological polar surface area (TPSA) is 106 Å². The van der Waals surface area contributed by atoms with Gasteiger partial charge >= 0.3 is 18.0 Å². The van der Waals surface area contributed by atoms with Crippen LogP contribution in [-0.2, 0) is 35.0 Å². The van der Waals surface area contributed by atoms with Gasteiger partial charge in [0, 0.05) is 7.05 Å². The van der Waals surface area contributed by atoms with Crippen molar-refractivity contribution in [2.75, 3.05) is 31.8 Å². The first kappa shape index (κ1) is 37.0. The number of halogens is 3. The van der Waals surface area contributed by atoms with E-state index >= 15 is 0 Å². The minimum atomic E-state index is -1.95. The Morgan fingerprint density at radius 1 is 0.886 bits per heavy atom. The SMILES string of the molecule is CCOC(=O)[C@H](CCc1ccccc1)N(C(=O)OCC(Cl)(Cl)Cl)[C@@H](C)C(=O)N(CC(=O)OC(C)(C)C)N(C)c1ccccc1. The van der Waals surface area contributed by atoms with Crippen molar-refractivity contribution in [2.24, 2.45) is 0 Å². The molecule has 0 spiro atoms. The van der Waals surface area contributed by atoms with Crippen molar-refractivity contribution in [1.82, 2.24) is 9.91 Å². The Morgan fingerprint density at radius 3 is 1.98 bits per heavy atom. The third-order valence-electron chi connectivity index (χ3n) is 6.23. The molecule has 0 saturated heterocycles. The number of carbonyl (C=O) groups excluding carboxylic acids is 4. The molecule has 0 aliphatic carbocycles. The zero-order valence-electron chi connectivity index (χ0n) is 25.8. The minimum absolute atomic E-state index is 0.0293. The summed E-state index contributed by atoms with van der Waals surface area (Å²) in [5, 5.41) is 2.61. The van der Waals surface area contributed by atoms with Crippen LogP contribution in [0.15, 0.2) is 60.7 Å². The first-order valence-electron chi connectivity index (χ1n) is 14.1. The van der Waals surface area contributed by atoms with Crippen LogP contribution < -0.4 is 5.01 Å². The second kappa shape index (κ2) is 16.7. The number of hydrogen-bond acceptors (Lipinski definition) is 8. The van der Waals surface area contributed by atoms with Gasteiger partial charge in [-0.1, -0.05) is 83.3 Å². The van der Waals surface area contributed by atoms with Crippen LogP contribution in [0.1, 0.15) is 46.6 Å². The van der Waals surface area contributed by atoms with E-state index in [-0.39, 0.29) is 13.0 Å². The number of ether oxygens (including phenoxy) is 3. The molecule has 0 aromatic heterocycles. The molecule has 0 unspecified atom stereocenters. The maximum atomic E-state index is 14.3. The number of carbonyl (C=O) groups is 4. The summed E-state index contributed by atoms with van der Waals surface area (Å²) < 4.78 is 14.1. The number of esters is 2. The normalized spacial score (nSPS) is 12.8. The van der Waals surface area contributed by atoms with Gasteiger partial charge in [0.25, 0.3) is 5.91 Å². The molecule has 0 fully saturated rings. The fraction of sp³-hybridized carbons (Fsp3) is 0.484. The highest BCUT2D eigenvalue weighted by molar-refractivity contribution is 6.67. The molecule has 242 valence electrons. The average Bonchev–Trinajstić information content (AvgIpc) is 2.95. The first-order chi connectivity index (χ1) is 20.5. The molecule has 0 bridgehead atoms. The number of nitrogens with zero attached hydrogens (tertiary/aromatic N) is 3. The van der Waals surface area contributed by atoms with E-state index in [9.17, 15) is 19.2 Å². The van der Waals surface area contributed by atoms with Crippen molar-refractivity contribution in [3.8, 4) is 0 Å². The summed E-state index contributed by atoms with van der Waals surface area (Å²) in [6, 6.07) is 15.5. The summed E-state index contributed by atoms with van der Waals surface area (Å²) in [7, 11) is 1.59. The maximum Gasteiger partial charge on any atom is 0.411 e. The lowest BCUT2D eigenvalue weighted by atomic mass is 10.0.